The summed E-state index contributed by atoms with van der Waals surface area (Å²) in [5.74, 6) is -0.556. The first-order chi connectivity index (χ1) is 12.4. The molecular formula is C18H18N4O4. The van der Waals surface area contributed by atoms with Crippen LogP contribution in [0.5, 0.6) is 0 Å². The molecule has 0 bridgehead atoms. The highest BCUT2D eigenvalue weighted by Gasteiger charge is 2.39. The second kappa shape index (κ2) is 5.98. The Kier molecular flexibility index (Phi) is 3.75. The molecule has 0 spiro atoms. The number of benzene rings is 1. The highest BCUT2D eigenvalue weighted by atomic mass is 16.4. The number of fused-ring (bicyclic) bond motifs is 3. The molecule has 3 N–H and O–H groups in total. The maximum atomic E-state index is 11.8. The van der Waals surface area contributed by atoms with Crippen LogP contribution in [0.4, 0.5) is 5.82 Å². The Morgan fingerprint density at radius 2 is 2.12 bits per heavy atom. The van der Waals surface area contributed by atoms with Crippen LogP contribution in [0.2, 0.25) is 0 Å². The normalized spacial score (nSPS) is 20.1. The maximum absolute atomic E-state index is 11.8. The third-order valence-electron chi connectivity index (χ3n) is 4.75. The number of amides is 1. The lowest BCUT2D eigenvalue weighted by Gasteiger charge is -2.22. The molecule has 0 saturated carbocycles. The minimum atomic E-state index is -0.961. The van der Waals surface area contributed by atoms with E-state index < -0.39 is 17.9 Å². The number of carboxylic acid groups (broad SMARTS) is 1. The number of primary amides is 1. The van der Waals surface area contributed by atoms with Gasteiger partial charge in [0, 0.05) is 18.4 Å². The summed E-state index contributed by atoms with van der Waals surface area (Å²) < 4.78 is 5.94. The van der Waals surface area contributed by atoms with Crippen molar-refractivity contribution < 1.29 is 19.1 Å². The first-order valence-electron chi connectivity index (χ1n) is 8.37. The van der Waals surface area contributed by atoms with Crippen molar-refractivity contribution >= 4 is 39.8 Å². The summed E-state index contributed by atoms with van der Waals surface area (Å²) in [6, 6.07) is 6.72. The van der Waals surface area contributed by atoms with Gasteiger partial charge in [0.05, 0.1) is 0 Å². The topological polar surface area (TPSA) is 123 Å². The number of nitrogens with two attached hydrogens (primary N) is 1. The lowest BCUT2D eigenvalue weighted by molar-refractivity contribution is -0.138. The Morgan fingerprint density at radius 3 is 2.85 bits per heavy atom. The van der Waals surface area contributed by atoms with E-state index in [1.54, 1.807) is 11.8 Å². The van der Waals surface area contributed by atoms with Gasteiger partial charge in [-0.2, -0.15) is 0 Å². The van der Waals surface area contributed by atoms with E-state index in [9.17, 15) is 14.7 Å². The molecule has 2 atom stereocenters. The first-order valence-corrected chi connectivity index (χ1v) is 8.37. The molecule has 1 fully saturated rings. The van der Waals surface area contributed by atoms with Crippen LogP contribution in [0.15, 0.2) is 28.7 Å². The molecule has 8 heteroatoms. The van der Waals surface area contributed by atoms with Gasteiger partial charge in [-0.1, -0.05) is 12.1 Å². The van der Waals surface area contributed by atoms with E-state index in [0.717, 1.165) is 5.39 Å². The molecular weight excluding hydrogens is 336 g/mol. The Balaban J connectivity index is 1.86. The van der Waals surface area contributed by atoms with E-state index in [2.05, 4.69) is 9.97 Å². The summed E-state index contributed by atoms with van der Waals surface area (Å²) in [6.45, 7) is 2.14. The Labute approximate surface area is 148 Å². The number of carbonyl (C=O) groups excluding carboxylic acids is 1. The molecule has 0 aliphatic carbocycles. The quantitative estimate of drug-likeness (QED) is 0.733. The van der Waals surface area contributed by atoms with Crippen LogP contribution in [0.25, 0.3) is 22.1 Å². The Morgan fingerprint density at radius 1 is 1.35 bits per heavy atom. The standard InChI is InChI=1S/C18H18N4O4/c1-9-20-15-11-4-2-3-5-13(11)26-16(15)17(21-9)22-8-10(7-14(19)23)6-12(22)18(24)25/h2-5,10,12H,6-8H2,1H3,(H2,19,23)(H,24,25)/t10-,12+/m1/s1. The van der Waals surface area contributed by atoms with Gasteiger partial charge >= 0.3 is 5.97 Å². The Hall–Kier alpha value is -3.16. The van der Waals surface area contributed by atoms with Gasteiger partial charge in [0.1, 0.15) is 23.0 Å². The van der Waals surface area contributed by atoms with Crippen LogP contribution in [0.3, 0.4) is 0 Å². The molecule has 1 aliphatic rings. The number of hydrogen-bond acceptors (Lipinski definition) is 6. The van der Waals surface area contributed by atoms with E-state index >= 15 is 0 Å². The Bertz CT molecular complexity index is 1030. The number of para-hydroxylation sites is 1. The van der Waals surface area contributed by atoms with Crippen LogP contribution in [0.1, 0.15) is 18.7 Å². The van der Waals surface area contributed by atoms with Crippen LogP contribution in [-0.2, 0) is 9.59 Å². The zero-order valence-corrected chi connectivity index (χ0v) is 14.2. The number of aryl methyl sites for hydroxylation is 1. The fraction of sp³-hybridized carbons (Fsp3) is 0.333. The average molecular weight is 354 g/mol. The molecule has 1 aliphatic heterocycles. The van der Waals surface area contributed by atoms with Crippen molar-refractivity contribution in [2.24, 2.45) is 11.7 Å². The summed E-state index contributed by atoms with van der Waals surface area (Å²) in [4.78, 5) is 33.7. The van der Waals surface area contributed by atoms with E-state index in [-0.39, 0.29) is 12.3 Å². The van der Waals surface area contributed by atoms with E-state index in [4.69, 9.17) is 10.2 Å². The van der Waals surface area contributed by atoms with E-state index in [0.29, 0.717) is 41.3 Å². The highest BCUT2D eigenvalue weighted by Crippen LogP contribution is 2.37. The minimum absolute atomic E-state index is 0.136. The summed E-state index contributed by atoms with van der Waals surface area (Å²) in [5, 5.41) is 10.5. The number of rotatable bonds is 4. The summed E-state index contributed by atoms with van der Waals surface area (Å²) in [5.41, 5.74) is 7.08. The van der Waals surface area contributed by atoms with E-state index in [1.165, 1.54) is 0 Å². The summed E-state index contributed by atoms with van der Waals surface area (Å²) in [6.07, 6.45) is 0.483. The second-order valence-electron chi connectivity index (χ2n) is 6.65. The second-order valence-corrected chi connectivity index (χ2v) is 6.65. The van der Waals surface area contributed by atoms with Gasteiger partial charge in [0.25, 0.3) is 0 Å². The molecule has 134 valence electrons. The molecule has 1 saturated heterocycles. The van der Waals surface area contributed by atoms with Gasteiger partial charge in [-0.05, 0) is 31.4 Å². The van der Waals surface area contributed by atoms with Crippen molar-refractivity contribution in [2.45, 2.75) is 25.8 Å². The van der Waals surface area contributed by atoms with Crippen molar-refractivity contribution in [3.8, 4) is 0 Å². The minimum Gasteiger partial charge on any atom is -0.480 e. The molecule has 4 rings (SSSR count). The van der Waals surface area contributed by atoms with Crippen molar-refractivity contribution in [3.05, 3.63) is 30.1 Å². The largest absolute Gasteiger partial charge is 0.480 e. The van der Waals surface area contributed by atoms with Crippen molar-refractivity contribution in [1.29, 1.82) is 0 Å². The van der Waals surface area contributed by atoms with Crippen LogP contribution >= 0.6 is 0 Å². The molecule has 1 amide bonds. The van der Waals surface area contributed by atoms with Gasteiger partial charge in [-0.25, -0.2) is 14.8 Å². The molecule has 26 heavy (non-hydrogen) atoms. The third-order valence-corrected chi connectivity index (χ3v) is 4.75. The zero-order valence-electron chi connectivity index (χ0n) is 14.2. The molecule has 0 unspecified atom stereocenters. The summed E-state index contributed by atoms with van der Waals surface area (Å²) >= 11 is 0. The number of anilines is 1. The number of carbonyl (C=O) groups is 2. The van der Waals surface area contributed by atoms with Crippen LogP contribution in [-0.4, -0.2) is 39.5 Å². The SMILES string of the molecule is Cc1nc(N2C[C@@H](CC(N)=O)C[C@H]2C(=O)O)c2oc3ccccc3c2n1. The van der Waals surface area contributed by atoms with Crippen molar-refractivity contribution in [3.63, 3.8) is 0 Å². The molecule has 8 nitrogen and oxygen atoms in total. The van der Waals surface area contributed by atoms with Crippen molar-refractivity contribution in [1.82, 2.24) is 9.97 Å². The predicted octanol–water partition coefficient (Wildman–Crippen LogP) is 1.84. The smallest absolute Gasteiger partial charge is 0.326 e. The number of hydrogen-bond donors (Lipinski definition) is 2. The van der Waals surface area contributed by atoms with Gasteiger partial charge < -0.3 is 20.2 Å². The average Bonchev–Trinajstić information content (AvgIpc) is 3.15. The van der Waals surface area contributed by atoms with Crippen LogP contribution in [0, 0.1) is 12.8 Å². The highest BCUT2D eigenvalue weighted by molar-refractivity contribution is 6.06. The molecule has 0 radical (unpaired) electrons. The molecule has 1 aromatic carbocycles. The zero-order chi connectivity index (χ0) is 18.4. The number of aromatic nitrogens is 2. The molecule has 2 aromatic heterocycles. The third kappa shape index (κ3) is 2.63. The first kappa shape index (κ1) is 16.3. The number of carboxylic acids is 1. The molecule has 3 aromatic rings. The predicted molar refractivity (Wildman–Crippen MR) is 94.7 cm³/mol. The fourth-order valence-corrected chi connectivity index (χ4v) is 3.70. The van der Waals surface area contributed by atoms with Crippen LogP contribution < -0.4 is 10.6 Å². The maximum Gasteiger partial charge on any atom is 0.326 e. The number of furan rings is 1. The number of aliphatic carboxylic acids is 1. The molecule has 3 heterocycles. The lowest BCUT2D eigenvalue weighted by Crippen LogP contribution is -2.36. The monoisotopic (exact) mass is 354 g/mol. The van der Waals surface area contributed by atoms with Gasteiger partial charge in [0.15, 0.2) is 11.4 Å². The van der Waals surface area contributed by atoms with Gasteiger partial charge in [-0.3, -0.25) is 4.79 Å². The van der Waals surface area contributed by atoms with Gasteiger partial charge in [-0.15, -0.1) is 0 Å². The van der Waals surface area contributed by atoms with Crippen molar-refractivity contribution in [2.75, 3.05) is 11.4 Å². The fourth-order valence-electron chi connectivity index (χ4n) is 3.70. The summed E-state index contributed by atoms with van der Waals surface area (Å²) in [7, 11) is 0. The van der Waals surface area contributed by atoms with Gasteiger partial charge in [0.2, 0.25) is 5.91 Å². The van der Waals surface area contributed by atoms with E-state index in [1.807, 2.05) is 24.3 Å². The number of nitrogens with zero attached hydrogens (tertiary/aromatic N) is 3. The lowest BCUT2D eigenvalue weighted by atomic mass is 10.0.